The van der Waals surface area contributed by atoms with Crippen molar-refractivity contribution in [2.24, 2.45) is 0 Å². The lowest BCUT2D eigenvalue weighted by molar-refractivity contribution is 0.135. The predicted octanol–water partition coefficient (Wildman–Crippen LogP) is 17.1. The minimum absolute atomic E-state index is 0.636. The highest BCUT2D eigenvalue weighted by molar-refractivity contribution is 4.97. The van der Waals surface area contributed by atoms with Gasteiger partial charge in [0, 0.05) is 25.5 Å². The largest absolute Gasteiger partial charge is 0.356 e. The van der Waals surface area contributed by atoms with E-state index in [2.05, 4.69) is 43.0 Å². The summed E-state index contributed by atoms with van der Waals surface area (Å²) in [4.78, 5) is 5.47. The number of hydrogen-bond acceptors (Lipinski definition) is 2. The maximum absolute atomic E-state index is 2.74. The van der Waals surface area contributed by atoms with Gasteiger partial charge in [0.15, 0.2) is 0 Å². The molecule has 0 radical (unpaired) electrons. The highest BCUT2D eigenvalue weighted by atomic mass is 15.4. The molecular weight excluding hydrogens is 605 g/mol. The third kappa shape index (κ3) is 30.9. The summed E-state index contributed by atoms with van der Waals surface area (Å²) in [6, 6.07) is 0. The van der Waals surface area contributed by atoms with Gasteiger partial charge < -0.3 is 9.80 Å². The van der Waals surface area contributed by atoms with E-state index >= 15 is 0 Å². The van der Waals surface area contributed by atoms with Gasteiger partial charge in [-0.25, -0.2) is 0 Å². The molecule has 1 rings (SSSR count). The summed E-state index contributed by atoms with van der Waals surface area (Å²) < 4.78 is 0. The van der Waals surface area contributed by atoms with E-state index in [4.69, 9.17) is 0 Å². The first-order valence-corrected chi connectivity index (χ1v) is 24.0. The van der Waals surface area contributed by atoms with E-state index in [1.54, 1.807) is 0 Å². The molecule has 50 heavy (non-hydrogen) atoms. The fourth-order valence-corrected chi connectivity index (χ4v) is 8.31. The maximum atomic E-state index is 2.74. The smallest absolute Gasteiger partial charge is 0.101 e. The van der Waals surface area contributed by atoms with Crippen LogP contribution in [0.2, 0.25) is 0 Å². The van der Waals surface area contributed by atoms with Crippen molar-refractivity contribution in [3.8, 4) is 0 Å². The van der Waals surface area contributed by atoms with Crippen LogP contribution >= 0.6 is 0 Å². The molecule has 1 heterocycles. The van der Waals surface area contributed by atoms with E-state index < -0.39 is 0 Å². The van der Waals surface area contributed by atoms with Crippen molar-refractivity contribution in [3.05, 3.63) is 12.4 Å². The van der Waals surface area contributed by atoms with Gasteiger partial charge in [-0.3, -0.25) is 0 Å². The molecule has 0 saturated carbocycles. The molecule has 0 spiro atoms. The number of hydrogen-bond donors (Lipinski definition) is 0. The van der Waals surface area contributed by atoms with Gasteiger partial charge in [-0.15, -0.1) is 0 Å². The zero-order valence-corrected chi connectivity index (χ0v) is 35.3. The Labute approximate surface area is 318 Å². The second-order valence-electron chi connectivity index (χ2n) is 16.8. The van der Waals surface area contributed by atoms with Crippen LogP contribution in [0.25, 0.3) is 0 Å². The zero-order valence-electron chi connectivity index (χ0n) is 35.3. The topological polar surface area (TPSA) is 6.48 Å². The van der Waals surface area contributed by atoms with Crippen LogP contribution in [-0.4, -0.2) is 29.1 Å². The van der Waals surface area contributed by atoms with Crippen molar-refractivity contribution in [3.63, 3.8) is 0 Å². The molecule has 298 valence electrons. The average Bonchev–Trinajstić information content (AvgIpc) is 3.51. The van der Waals surface area contributed by atoms with Crippen molar-refractivity contribution >= 4 is 0 Å². The summed E-state index contributed by atoms with van der Waals surface area (Å²) >= 11 is 0. The minimum atomic E-state index is 0.636. The first kappa shape index (κ1) is 47.4. The van der Waals surface area contributed by atoms with Crippen LogP contribution in [0.4, 0.5) is 0 Å². The molecule has 1 aliphatic rings. The van der Waals surface area contributed by atoms with Crippen molar-refractivity contribution in [2.75, 3.05) is 13.1 Å². The van der Waals surface area contributed by atoms with Crippen LogP contribution in [0.15, 0.2) is 12.4 Å². The van der Waals surface area contributed by atoms with Gasteiger partial charge in [-0.05, 0) is 25.7 Å². The quantitative estimate of drug-likeness (QED) is 0.0585. The summed E-state index contributed by atoms with van der Waals surface area (Å²) in [5.74, 6) is 0. The maximum Gasteiger partial charge on any atom is 0.101 e. The average molecular weight is 701 g/mol. The minimum Gasteiger partial charge on any atom is -0.356 e. The van der Waals surface area contributed by atoms with Crippen molar-refractivity contribution < 1.29 is 0 Å². The Kier molecular flexibility index (Phi) is 37.5. The molecule has 1 aliphatic heterocycles. The van der Waals surface area contributed by atoms with E-state index in [-0.39, 0.29) is 0 Å². The molecule has 0 aromatic rings. The Balaban J connectivity index is 2.21. The van der Waals surface area contributed by atoms with Crippen LogP contribution in [0, 0.1) is 0 Å². The van der Waals surface area contributed by atoms with Gasteiger partial charge in [0.25, 0.3) is 0 Å². The van der Waals surface area contributed by atoms with Crippen LogP contribution in [0.1, 0.15) is 278 Å². The molecule has 1 atom stereocenters. The van der Waals surface area contributed by atoms with E-state index in [9.17, 15) is 0 Å². The summed E-state index contributed by atoms with van der Waals surface area (Å²) in [6.07, 6.45) is 63.4. The number of unbranched alkanes of at least 4 members (excludes halogenated alkanes) is 36. The van der Waals surface area contributed by atoms with Gasteiger partial charge in [-0.1, -0.05) is 252 Å². The fourth-order valence-electron chi connectivity index (χ4n) is 8.31. The van der Waals surface area contributed by atoms with Crippen molar-refractivity contribution in [1.82, 2.24) is 9.80 Å². The van der Waals surface area contributed by atoms with E-state index in [0.717, 1.165) is 0 Å². The molecule has 0 amide bonds. The van der Waals surface area contributed by atoms with Crippen LogP contribution in [0.5, 0.6) is 0 Å². The molecule has 0 aromatic heterocycles. The van der Waals surface area contributed by atoms with Gasteiger partial charge in [0.05, 0.1) is 0 Å². The van der Waals surface area contributed by atoms with Crippen molar-refractivity contribution in [2.45, 2.75) is 284 Å². The standard InChI is InChI=1S/C48H96N2/c1-4-7-10-13-16-19-22-25-27-30-33-36-39-42-45-50-47-46-49(44-41-38-35-32-29-26-23-20-17-14-11-8-5-2)48(50)43-40-37-34-31-28-24-21-18-15-12-9-6-3/h46-48H,4-45H2,1-3H3. The van der Waals surface area contributed by atoms with Crippen LogP contribution in [-0.2, 0) is 0 Å². The predicted molar refractivity (Wildman–Crippen MR) is 228 cm³/mol. The highest BCUT2D eigenvalue weighted by Gasteiger charge is 2.24. The summed E-state index contributed by atoms with van der Waals surface area (Å²) in [6.45, 7) is 9.49. The van der Waals surface area contributed by atoms with Crippen LogP contribution < -0.4 is 0 Å². The number of rotatable bonds is 42. The SMILES string of the molecule is CCCCCCCCCCCCCCCCN1C=CN(CCCCCCCCCCCCCCC)C1CCCCCCCCCCCCCC. The molecule has 0 bridgehead atoms. The first-order chi connectivity index (χ1) is 24.8. The Morgan fingerprint density at radius 1 is 0.260 bits per heavy atom. The van der Waals surface area contributed by atoms with Gasteiger partial charge in [-0.2, -0.15) is 0 Å². The van der Waals surface area contributed by atoms with Crippen LogP contribution in [0.3, 0.4) is 0 Å². The summed E-state index contributed by atoms with van der Waals surface area (Å²) in [5.41, 5.74) is 0. The molecule has 0 aromatic carbocycles. The Morgan fingerprint density at radius 2 is 0.460 bits per heavy atom. The van der Waals surface area contributed by atoms with E-state index in [1.165, 1.54) is 270 Å². The Morgan fingerprint density at radius 3 is 0.700 bits per heavy atom. The summed E-state index contributed by atoms with van der Waals surface area (Å²) in [7, 11) is 0. The van der Waals surface area contributed by atoms with E-state index in [0.29, 0.717) is 6.17 Å². The molecule has 2 heteroatoms. The normalized spacial score (nSPS) is 14.5. The second kappa shape index (κ2) is 39.5. The highest BCUT2D eigenvalue weighted by Crippen LogP contribution is 2.24. The molecule has 0 saturated heterocycles. The lowest BCUT2D eigenvalue weighted by Gasteiger charge is -2.33. The van der Waals surface area contributed by atoms with Gasteiger partial charge in [0.2, 0.25) is 0 Å². The van der Waals surface area contributed by atoms with Gasteiger partial charge >= 0.3 is 0 Å². The molecular formula is C48H96N2. The monoisotopic (exact) mass is 701 g/mol. The second-order valence-corrected chi connectivity index (χ2v) is 16.8. The molecule has 2 nitrogen and oxygen atoms in total. The lowest BCUT2D eigenvalue weighted by Crippen LogP contribution is -2.39. The zero-order chi connectivity index (χ0) is 35.8. The lowest BCUT2D eigenvalue weighted by atomic mass is 10.0. The summed E-state index contributed by atoms with van der Waals surface area (Å²) in [5, 5.41) is 0. The third-order valence-electron chi connectivity index (χ3n) is 11.8. The van der Waals surface area contributed by atoms with Gasteiger partial charge in [0.1, 0.15) is 6.17 Å². The van der Waals surface area contributed by atoms with Crippen molar-refractivity contribution in [1.29, 1.82) is 0 Å². The Hall–Kier alpha value is -0.660. The molecule has 0 N–H and O–H groups in total. The number of nitrogens with zero attached hydrogens (tertiary/aromatic N) is 2. The third-order valence-corrected chi connectivity index (χ3v) is 11.8. The van der Waals surface area contributed by atoms with E-state index in [1.807, 2.05) is 0 Å². The fraction of sp³-hybridized carbons (Fsp3) is 0.958. The molecule has 0 fully saturated rings. The first-order valence-electron chi connectivity index (χ1n) is 24.0. The Bertz CT molecular complexity index is 659. The molecule has 0 aliphatic carbocycles. The molecule has 1 unspecified atom stereocenters.